The van der Waals surface area contributed by atoms with Crippen LogP contribution in [0.1, 0.15) is 38.5 Å². The molecule has 0 aromatic carbocycles. The van der Waals surface area contributed by atoms with E-state index >= 15 is 0 Å². The van der Waals surface area contributed by atoms with Gasteiger partial charge in [0.2, 0.25) is 0 Å². The predicted molar refractivity (Wildman–Crippen MR) is 73.4 cm³/mol. The molecule has 0 bridgehead atoms. The van der Waals surface area contributed by atoms with E-state index in [0.717, 1.165) is 11.8 Å². The van der Waals surface area contributed by atoms with Gasteiger partial charge in [0, 0.05) is 12.6 Å². The first kappa shape index (κ1) is 12.7. The third-order valence-corrected chi connectivity index (χ3v) is 4.35. The van der Waals surface area contributed by atoms with E-state index in [0.29, 0.717) is 0 Å². The van der Waals surface area contributed by atoms with E-state index < -0.39 is 0 Å². The molecule has 1 unspecified atom stereocenters. The summed E-state index contributed by atoms with van der Waals surface area (Å²) in [5.41, 5.74) is 0. The molecule has 2 aliphatic heterocycles. The molecule has 94 valence electrons. The maximum Gasteiger partial charge on any atom is 0.0235 e. The summed E-state index contributed by atoms with van der Waals surface area (Å²) in [6.45, 7) is 6.66. The summed E-state index contributed by atoms with van der Waals surface area (Å²) in [6, 6.07) is 0.872. The molecule has 0 spiro atoms. The number of nitrogens with zero attached hydrogens (tertiary/aromatic N) is 2. The molecule has 3 heteroatoms. The van der Waals surface area contributed by atoms with Gasteiger partial charge in [0.25, 0.3) is 0 Å². The molecule has 2 aliphatic rings. The smallest absolute Gasteiger partial charge is 0.0235 e. The summed E-state index contributed by atoms with van der Waals surface area (Å²) in [5.74, 6) is 1.05. The van der Waals surface area contributed by atoms with Crippen molar-refractivity contribution in [2.45, 2.75) is 44.6 Å². The maximum atomic E-state index is 4.27. The van der Waals surface area contributed by atoms with Crippen LogP contribution in [0.3, 0.4) is 0 Å². The van der Waals surface area contributed by atoms with E-state index in [1.165, 1.54) is 71.2 Å². The summed E-state index contributed by atoms with van der Waals surface area (Å²) in [7, 11) is 0. The summed E-state index contributed by atoms with van der Waals surface area (Å²) in [6.07, 6.45) is 8.31. The molecule has 2 saturated heterocycles. The minimum atomic E-state index is 0.872. The third kappa shape index (κ3) is 3.64. The third-order valence-electron chi connectivity index (χ3n) is 4.04. The van der Waals surface area contributed by atoms with Crippen LogP contribution in [0.5, 0.6) is 0 Å². The Balaban J connectivity index is 1.66. The highest BCUT2D eigenvalue weighted by molar-refractivity contribution is 7.80. The molecular weight excluding hydrogens is 216 g/mol. The molecule has 0 saturated carbocycles. The molecule has 0 N–H and O–H groups in total. The van der Waals surface area contributed by atoms with Crippen LogP contribution >= 0.6 is 12.6 Å². The van der Waals surface area contributed by atoms with Crippen LogP contribution in [0, 0.1) is 0 Å². The Kier molecular flexibility index (Phi) is 5.46. The van der Waals surface area contributed by atoms with Gasteiger partial charge in [-0.25, -0.2) is 0 Å². The molecular formula is C13H26N2S. The van der Waals surface area contributed by atoms with Crippen molar-refractivity contribution in [1.82, 2.24) is 9.80 Å². The Morgan fingerprint density at radius 1 is 1.00 bits per heavy atom. The van der Waals surface area contributed by atoms with Gasteiger partial charge in [0.1, 0.15) is 0 Å². The molecule has 2 heterocycles. The molecule has 2 rings (SSSR count). The SMILES string of the molecule is SCCCCN1CCC(N2CCCCC2)C1. The van der Waals surface area contributed by atoms with Gasteiger partial charge < -0.3 is 4.90 Å². The average molecular weight is 242 g/mol. The largest absolute Gasteiger partial charge is 0.302 e. The van der Waals surface area contributed by atoms with Gasteiger partial charge >= 0.3 is 0 Å². The van der Waals surface area contributed by atoms with Gasteiger partial charge in [-0.1, -0.05) is 6.42 Å². The van der Waals surface area contributed by atoms with E-state index in [9.17, 15) is 0 Å². The van der Waals surface area contributed by atoms with Crippen LogP contribution in [0.25, 0.3) is 0 Å². The zero-order chi connectivity index (χ0) is 11.2. The quantitative estimate of drug-likeness (QED) is 0.583. The normalized spacial score (nSPS) is 28.7. The van der Waals surface area contributed by atoms with Crippen molar-refractivity contribution in [2.24, 2.45) is 0 Å². The summed E-state index contributed by atoms with van der Waals surface area (Å²) >= 11 is 4.27. The lowest BCUT2D eigenvalue weighted by atomic mass is 10.1. The second kappa shape index (κ2) is 6.87. The Morgan fingerprint density at radius 3 is 2.56 bits per heavy atom. The number of thiol groups is 1. The van der Waals surface area contributed by atoms with Crippen molar-refractivity contribution >= 4 is 12.6 Å². The van der Waals surface area contributed by atoms with Crippen molar-refractivity contribution in [3.63, 3.8) is 0 Å². The van der Waals surface area contributed by atoms with E-state index in [-0.39, 0.29) is 0 Å². The van der Waals surface area contributed by atoms with Gasteiger partial charge in [-0.15, -0.1) is 0 Å². The molecule has 0 aromatic heterocycles. The van der Waals surface area contributed by atoms with Gasteiger partial charge in [-0.05, 0) is 64.0 Å². The summed E-state index contributed by atoms with van der Waals surface area (Å²) < 4.78 is 0. The number of hydrogen-bond donors (Lipinski definition) is 1. The van der Waals surface area contributed by atoms with Gasteiger partial charge in [0.15, 0.2) is 0 Å². The number of hydrogen-bond acceptors (Lipinski definition) is 3. The zero-order valence-electron chi connectivity index (χ0n) is 10.4. The topological polar surface area (TPSA) is 6.48 Å². The Bertz CT molecular complexity index is 192. The van der Waals surface area contributed by atoms with Crippen LogP contribution in [-0.2, 0) is 0 Å². The number of likely N-dealkylation sites (tertiary alicyclic amines) is 2. The van der Waals surface area contributed by atoms with Gasteiger partial charge in [0.05, 0.1) is 0 Å². The average Bonchev–Trinajstić information content (AvgIpc) is 2.79. The molecule has 0 aliphatic carbocycles. The van der Waals surface area contributed by atoms with Crippen molar-refractivity contribution in [3.8, 4) is 0 Å². The van der Waals surface area contributed by atoms with E-state index in [1.807, 2.05) is 0 Å². The number of piperidine rings is 1. The number of rotatable bonds is 5. The lowest BCUT2D eigenvalue weighted by Gasteiger charge is -2.32. The van der Waals surface area contributed by atoms with Crippen LogP contribution in [0.2, 0.25) is 0 Å². The van der Waals surface area contributed by atoms with Gasteiger partial charge in [-0.3, -0.25) is 4.90 Å². The molecule has 16 heavy (non-hydrogen) atoms. The van der Waals surface area contributed by atoms with E-state index in [4.69, 9.17) is 0 Å². The Hall–Kier alpha value is 0.270. The summed E-state index contributed by atoms with van der Waals surface area (Å²) in [5, 5.41) is 0. The number of unbranched alkanes of at least 4 members (excludes halogenated alkanes) is 1. The van der Waals surface area contributed by atoms with Crippen molar-refractivity contribution in [2.75, 3.05) is 38.5 Å². The second-order valence-corrected chi connectivity index (χ2v) is 5.72. The minimum Gasteiger partial charge on any atom is -0.302 e. The standard InChI is InChI=1S/C13H26N2S/c16-11-5-4-7-14-10-6-13(12-14)15-8-2-1-3-9-15/h13,16H,1-12H2. The van der Waals surface area contributed by atoms with E-state index in [1.54, 1.807) is 0 Å². The fourth-order valence-corrected chi connectivity index (χ4v) is 3.27. The molecule has 1 atom stereocenters. The van der Waals surface area contributed by atoms with Crippen LogP contribution in [-0.4, -0.2) is 54.3 Å². The van der Waals surface area contributed by atoms with Crippen LogP contribution in [0.15, 0.2) is 0 Å². The lowest BCUT2D eigenvalue weighted by molar-refractivity contribution is 0.162. The lowest BCUT2D eigenvalue weighted by Crippen LogP contribution is -2.40. The fraction of sp³-hybridized carbons (Fsp3) is 1.00. The highest BCUT2D eigenvalue weighted by Crippen LogP contribution is 2.20. The van der Waals surface area contributed by atoms with Gasteiger partial charge in [-0.2, -0.15) is 12.6 Å². The summed E-state index contributed by atoms with van der Waals surface area (Å²) in [4.78, 5) is 5.39. The Morgan fingerprint density at radius 2 is 1.81 bits per heavy atom. The highest BCUT2D eigenvalue weighted by atomic mass is 32.1. The first-order valence-corrected chi connectivity index (χ1v) is 7.60. The Labute approximate surface area is 106 Å². The molecule has 2 fully saturated rings. The first-order valence-electron chi connectivity index (χ1n) is 6.97. The van der Waals surface area contributed by atoms with Crippen LogP contribution in [0.4, 0.5) is 0 Å². The van der Waals surface area contributed by atoms with Crippen molar-refractivity contribution in [3.05, 3.63) is 0 Å². The molecule has 0 aromatic rings. The van der Waals surface area contributed by atoms with Crippen molar-refractivity contribution < 1.29 is 0 Å². The monoisotopic (exact) mass is 242 g/mol. The van der Waals surface area contributed by atoms with Crippen LogP contribution < -0.4 is 0 Å². The molecule has 0 radical (unpaired) electrons. The molecule has 2 nitrogen and oxygen atoms in total. The van der Waals surface area contributed by atoms with Crippen molar-refractivity contribution in [1.29, 1.82) is 0 Å². The zero-order valence-corrected chi connectivity index (χ0v) is 11.3. The van der Waals surface area contributed by atoms with E-state index in [2.05, 4.69) is 22.4 Å². The fourth-order valence-electron chi connectivity index (χ4n) is 3.04. The second-order valence-electron chi connectivity index (χ2n) is 5.27. The minimum absolute atomic E-state index is 0.872. The molecule has 0 amide bonds. The predicted octanol–water partition coefficient (Wildman–Crippen LogP) is 2.26. The first-order chi connectivity index (χ1) is 7.90. The maximum absolute atomic E-state index is 4.27. The highest BCUT2D eigenvalue weighted by Gasteiger charge is 2.27.